The summed E-state index contributed by atoms with van der Waals surface area (Å²) in [7, 11) is 1.46. The highest BCUT2D eigenvalue weighted by Gasteiger charge is 2.25. The molecule has 0 bridgehead atoms. The minimum absolute atomic E-state index is 0.0605. The third-order valence-corrected chi connectivity index (χ3v) is 4.16. The van der Waals surface area contributed by atoms with E-state index in [2.05, 4.69) is 5.32 Å². The van der Waals surface area contributed by atoms with Gasteiger partial charge in [0.2, 0.25) is 11.7 Å². The molecule has 0 fully saturated rings. The zero-order valence-electron chi connectivity index (χ0n) is 15.5. The lowest BCUT2D eigenvalue weighted by atomic mass is 10.0. The minimum Gasteiger partial charge on any atom is -0.496 e. The van der Waals surface area contributed by atoms with Gasteiger partial charge in [-0.25, -0.2) is 0 Å². The quantitative estimate of drug-likeness (QED) is 0.476. The zero-order valence-corrected chi connectivity index (χ0v) is 15.5. The van der Waals surface area contributed by atoms with E-state index in [9.17, 15) is 19.2 Å². The van der Waals surface area contributed by atoms with Gasteiger partial charge < -0.3 is 15.8 Å². The van der Waals surface area contributed by atoms with E-state index in [1.54, 1.807) is 48.5 Å². The van der Waals surface area contributed by atoms with E-state index in [4.69, 9.17) is 10.5 Å². The monoisotopic (exact) mass is 382 g/mol. The van der Waals surface area contributed by atoms with Crippen LogP contribution in [0.4, 0.5) is 0 Å². The van der Waals surface area contributed by atoms with E-state index in [1.165, 1.54) is 7.11 Å². The number of nitrogens with two attached hydrogens (primary N) is 1. The first-order valence-electron chi connectivity index (χ1n) is 8.75. The average molecular weight is 382 g/mol. The summed E-state index contributed by atoms with van der Waals surface area (Å²) in [4.78, 5) is 47.9. The van der Waals surface area contributed by atoms with Crippen molar-refractivity contribution in [3.8, 4) is 5.75 Å². The Morgan fingerprint density at radius 3 is 2.25 bits per heavy atom. The summed E-state index contributed by atoms with van der Waals surface area (Å²) in [6.45, 7) is 0. The summed E-state index contributed by atoms with van der Waals surface area (Å²) in [5, 5.41) is 2.51. The molecule has 7 heteroatoms. The van der Waals surface area contributed by atoms with Gasteiger partial charge in [0.25, 0.3) is 5.91 Å². The number of amides is 2. The molecule has 0 spiro atoms. The van der Waals surface area contributed by atoms with Crippen LogP contribution in [0.3, 0.4) is 0 Å². The van der Waals surface area contributed by atoms with Gasteiger partial charge in [-0.15, -0.1) is 0 Å². The van der Waals surface area contributed by atoms with Gasteiger partial charge in [-0.2, -0.15) is 0 Å². The zero-order chi connectivity index (χ0) is 20.5. The highest BCUT2D eigenvalue weighted by atomic mass is 16.5. The molecule has 0 unspecified atom stereocenters. The van der Waals surface area contributed by atoms with E-state index in [1.807, 2.05) is 6.07 Å². The molecule has 2 aromatic rings. The molecule has 0 aliphatic rings. The van der Waals surface area contributed by atoms with Crippen molar-refractivity contribution < 1.29 is 23.9 Å². The number of methoxy groups -OCH3 is 1. The summed E-state index contributed by atoms with van der Waals surface area (Å²) in [5.41, 5.74) is 6.24. The molecule has 2 aromatic carbocycles. The maximum atomic E-state index is 12.3. The molecule has 0 heterocycles. The van der Waals surface area contributed by atoms with E-state index in [0.29, 0.717) is 11.3 Å². The third kappa shape index (κ3) is 5.77. The molecule has 2 amide bonds. The first kappa shape index (κ1) is 20.8. The third-order valence-electron chi connectivity index (χ3n) is 4.16. The van der Waals surface area contributed by atoms with Crippen molar-refractivity contribution in [1.82, 2.24) is 5.32 Å². The molecular weight excluding hydrogens is 360 g/mol. The highest BCUT2D eigenvalue weighted by molar-refractivity contribution is 6.37. The smallest absolute Gasteiger partial charge is 0.287 e. The minimum atomic E-state index is -1.12. The Morgan fingerprint density at radius 2 is 1.61 bits per heavy atom. The maximum Gasteiger partial charge on any atom is 0.287 e. The van der Waals surface area contributed by atoms with Crippen molar-refractivity contribution in [3.63, 3.8) is 0 Å². The summed E-state index contributed by atoms with van der Waals surface area (Å²) in [6, 6.07) is 14.6. The van der Waals surface area contributed by atoms with Gasteiger partial charge in [-0.1, -0.05) is 42.5 Å². The molecular formula is C21H22N2O5. The molecule has 0 aliphatic carbocycles. The standard InChI is InChI=1S/C21H22N2O5/c1-28-18-10-6-5-9-15(18)17(24)11-12-19(25)23-16(20(26)21(22)27)13-14-7-3-2-4-8-14/h2-10,16H,11-13H2,1H3,(H2,22,27)(H,23,25)/t16-/m0/s1. The van der Waals surface area contributed by atoms with Crippen molar-refractivity contribution >= 4 is 23.4 Å². The van der Waals surface area contributed by atoms with Crippen molar-refractivity contribution in [1.29, 1.82) is 0 Å². The second-order valence-corrected chi connectivity index (χ2v) is 6.16. The topological polar surface area (TPSA) is 116 Å². The van der Waals surface area contributed by atoms with Crippen molar-refractivity contribution in [2.45, 2.75) is 25.3 Å². The predicted octanol–water partition coefficient (Wildman–Crippen LogP) is 1.44. The number of rotatable bonds is 10. The summed E-state index contributed by atoms with van der Waals surface area (Å²) in [6.07, 6.45) is -0.0575. The number of carbonyl (C=O) groups excluding carboxylic acids is 4. The SMILES string of the molecule is COc1ccccc1C(=O)CCC(=O)N[C@@H](Cc1ccccc1)C(=O)C(N)=O. The van der Waals surface area contributed by atoms with Gasteiger partial charge in [0.15, 0.2) is 5.78 Å². The van der Waals surface area contributed by atoms with Crippen molar-refractivity contribution in [2.24, 2.45) is 5.73 Å². The Balaban J connectivity index is 2.00. The molecule has 1 atom stereocenters. The number of carbonyl (C=O) groups is 4. The Kier molecular flexibility index (Phi) is 7.45. The van der Waals surface area contributed by atoms with Gasteiger partial charge in [0.05, 0.1) is 12.7 Å². The lowest BCUT2D eigenvalue weighted by Crippen LogP contribution is -2.47. The van der Waals surface area contributed by atoms with Crippen molar-refractivity contribution in [2.75, 3.05) is 7.11 Å². The Bertz CT molecular complexity index is 864. The van der Waals surface area contributed by atoms with E-state index < -0.39 is 23.6 Å². The largest absolute Gasteiger partial charge is 0.496 e. The molecule has 146 valence electrons. The van der Waals surface area contributed by atoms with Crippen LogP contribution in [0, 0.1) is 0 Å². The van der Waals surface area contributed by atoms with Crippen LogP contribution in [0.25, 0.3) is 0 Å². The van der Waals surface area contributed by atoms with E-state index in [-0.39, 0.29) is 25.0 Å². The van der Waals surface area contributed by atoms with Crippen LogP contribution in [0.15, 0.2) is 54.6 Å². The fourth-order valence-corrected chi connectivity index (χ4v) is 2.73. The second-order valence-electron chi connectivity index (χ2n) is 6.16. The number of nitrogens with one attached hydrogen (secondary N) is 1. The Labute approximate surface area is 162 Å². The normalized spacial score (nSPS) is 11.3. The molecule has 0 aromatic heterocycles. The number of ether oxygens (including phenoxy) is 1. The number of primary amides is 1. The molecule has 2 rings (SSSR count). The molecule has 7 nitrogen and oxygen atoms in total. The molecule has 0 radical (unpaired) electrons. The molecule has 28 heavy (non-hydrogen) atoms. The van der Waals surface area contributed by atoms with Gasteiger partial charge >= 0.3 is 0 Å². The molecule has 3 N–H and O–H groups in total. The fraction of sp³-hybridized carbons (Fsp3) is 0.238. The lowest BCUT2D eigenvalue weighted by Gasteiger charge is -2.16. The number of Topliss-reactive ketones (excluding diaryl/α,β-unsaturated/α-hetero) is 2. The van der Waals surface area contributed by atoms with Gasteiger partial charge in [0, 0.05) is 19.3 Å². The van der Waals surface area contributed by atoms with Crippen molar-refractivity contribution in [3.05, 3.63) is 65.7 Å². The van der Waals surface area contributed by atoms with Crippen LogP contribution in [0.2, 0.25) is 0 Å². The highest BCUT2D eigenvalue weighted by Crippen LogP contribution is 2.19. The summed E-state index contributed by atoms with van der Waals surface area (Å²) >= 11 is 0. The average Bonchev–Trinajstić information content (AvgIpc) is 2.71. The molecule has 0 aliphatic heterocycles. The first-order chi connectivity index (χ1) is 13.4. The summed E-state index contributed by atoms with van der Waals surface area (Å²) in [5.74, 6) is -2.34. The van der Waals surface area contributed by atoms with Crippen LogP contribution in [-0.4, -0.2) is 36.5 Å². The van der Waals surface area contributed by atoms with Gasteiger partial charge in [-0.3, -0.25) is 19.2 Å². The summed E-state index contributed by atoms with van der Waals surface area (Å²) < 4.78 is 5.14. The number of hydrogen-bond donors (Lipinski definition) is 2. The Morgan fingerprint density at radius 1 is 0.964 bits per heavy atom. The van der Waals surface area contributed by atoms with Crippen LogP contribution in [0.5, 0.6) is 5.75 Å². The maximum absolute atomic E-state index is 12.3. The fourth-order valence-electron chi connectivity index (χ4n) is 2.73. The molecule has 0 saturated carbocycles. The number of ketones is 2. The number of hydrogen-bond acceptors (Lipinski definition) is 5. The van der Waals surface area contributed by atoms with Crippen LogP contribution >= 0.6 is 0 Å². The lowest BCUT2D eigenvalue weighted by molar-refractivity contribution is -0.138. The Hall–Kier alpha value is -3.48. The van der Waals surface area contributed by atoms with E-state index in [0.717, 1.165) is 5.56 Å². The van der Waals surface area contributed by atoms with Gasteiger partial charge in [-0.05, 0) is 17.7 Å². The van der Waals surface area contributed by atoms with Crippen LogP contribution in [-0.2, 0) is 20.8 Å². The first-order valence-corrected chi connectivity index (χ1v) is 8.75. The number of para-hydroxylation sites is 1. The number of benzene rings is 2. The predicted molar refractivity (Wildman–Crippen MR) is 103 cm³/mol. The van der Waals surface area contributed by atoms with Crippen LogP contribution < -0.4 is 15.8 Å². The second kappa shape index (κ2) is 10.0. The molecule has 0 saturated heterocycles. The van der Waals surface area contributed by atoms with Crippen LogP contribution in [0.1, 0.15) is 28.8 Å². The van der Waals surface area contributed by atoms with Gasteiger partial charge in [0.1, 0.15) is 11.8 Å². The van der Waals surface area contributed by atoms with E-state index >= 15 is 0 Å².